The number of para-hydroxylation sites is 2. The highest BCUT2D eigenvalue weighted by molar-refractivity contribution is 5.77. The first kappa shape index (κ1) is 10.6. The Labute approximate surface area is 100 Å². The van der Waals surface area contributed by atoms with E-state index in [9.17, 15) is 5.11 Å². The number of nitrogens with one attached hydrogen (secondary N) is 1. The molecule has 1 aromatic carbocycles. The van der Waals surface area contributed by atoms with Crippen molar-refractivity contribution < 1.29 is 5.11 Å². The zero-order valence-electron chi connectivity index (χ0n) is 9.76. The molecular weight excluding hydrogens is 214 g/mol. The second kappa shape index (κ2) is 4.37. The molecule has 1 saturated heterocycles. The van der Waals surface area contributed by atoms with Gasteiger partial charge in [-0.1, -0.05) is 12.1 Å². The molecular formula is C13H17N3O. The first-order chi connectivity index (χ1) is 8.36. The molecule has 3 rings (SSSR count). The van der Waals surface area contributed by atoms with Gasteiger partial charge < -0.3 is 15.0 Å². The van der Waals surface area contributed by atoms with Crippen LogP contribution in [0.4, 0.5) is 5.95 Å². The van der Waals surface area contributed by atoms with Crippen LogP contribution in [0.25, 0.3) is 11.0 Å². The molecule has 0 radical (unpaired) electrons. The largest absolute Gasteiger partial charge is 0.396 e. The summed E-state index contributed by atoms with van der Waals surface area (Å²) in [6.45, 7) is 2.20. The van der Waals surface area contributed by atoms with Gasteiger partial charge in [0.15, 0.2) is 0 Å². The third-order valence-electron chi connectivity index (χ3n) is 3.45. The number of aromatic nitrogens is 2. The predicted octanol–water partition coefficient (Wildman–Crippen LogP) is 1.77. The summed E-state index contributed by atoms with van der Waals surface area (Å²) in [5.74, 6) is 1.32. The molecule has 0 bridgehead atoms. The van der Waals surface area contributed by atoms with Crippen molar-refractivity contribution in [2.24, 2.45) is 5.92 Å². The molecule has 1 aliphatic heterocycles. The van der Waals surface area contributed by atoms with Crippen LogP contribution < -0.4 is 4.90 Å². The molecule has 1 aliphatic rings. The summed E-state index contributed by atoms with van der Waals surface area (Å²) in [7, 11) is 0. The number of imidazole rings is 1. The van der Waals surface area contributed by atoms with Gasteiger partial charge in [-0.3, -0.25) is 0 Å². The van der Waals surface area contributed by atoms with Gasteiger partial charge in [-0.05, 0) is 30.9 Å². The van der Waals surface area contributed by atoms with Crippen LogP contribution in [0.3, 0.4) is 0 Å². The summed E-state index contributed by atoms with van der Waals surface area (Å²) in [5.41, 5.74) is 2.09. The quantitative estimate of drug-likeness (QED) is 0.828. The minimum Gasteiger partial charge on any atom is -0.396 e. The number of H-pyrrole nitrogens is 1. The molecule has 0 saturated carbocycles. The Kier molecular flexibility index (Phi) is 2.73. The van der Waals surface area contributed by atoms with Gasteiger partial charge in [0.2, 0.25) is 5.95 Å². The predicted molar refractivity (Wildman–Crippen MR) is 68.1 cm³/mol. The molecule has 0 aliphatic carbocycles. The van der Waals surface area contributed by atoms with Crippen molar-refractivity contribution in [3.63, 3.8) is 0 Å². The van der Waals surface area contributed by atoms with Crippen molar-refractivity contribution in [3.05, 3.63) is 24.3 Å². The number of hydrogen-bond donors (Lipinski definition) is 2. The van der Waals surface area contributed by atoms with Gasteiger partial charge in [-0.15, -0.1) is 0 Å². The molecule has 1 fully saturated rings. The van der Waals surface area contributed by atoms with E-state index in [0.717, 1.165) is 42.9 Å². The van der Waals surface area contributed by atoms with Crippen LogP contribution in [-0.2, 0) is 0 Å². The Bertz CT molecular complexity index is 475. The lowest BCUT2D eigenvalue weighted by Crippen LogP contribution is -2.37. The van der Waals surface area contributed by atoms with Gasteiger partial charge in [0.05, 0.1) is 11.0 Å². The van der Waals surface area contributed by atoms with Crippen molar-refractivity contribution in [1.82, 2.24) is 9.97 Å². The van der Waals surface area contributed by atoms with E-state index < -0.39 is 0 Å². The molecule has 17 heavy (non-hydrogen) atoms. The maximum atomic E-state index is 9.24. The molecule has 2 aromatic rings. The number of anilines is 1. The Morgan fingerprint density at radius 2 is 2.29 bits per heavy atom. The summed E-state index contributed by atoms with van der Waals surface area (Å²) < 4.78 is 0. The average Bonchev–Trinajstić information content (AvgIpc) is 2.82. The van der Waals surface area contributed by atoms with Crippen LogP contribution in [0, 0.1) is 5.92 Å². The summed E-state index contributed by atoms with van der Waals surface area (Å²) in [4.78, 5) is 10.2. The standard InChI is InChI=1S/C13H17N3O/c17-9-10-4-3-7-16(8-10)13-14-11-5-1-2-6-12(11)15-13/h1-2,5-6,10,17H,3-4,7-9H2,(H,14,15)/t10-/m0/s1. The highest BCUT2D eigenvalue weighted by Crippen LogP contribution is 2.22. The van der Waals surface area contributed by atoms with Crippen molar-refractivity contribution in [3.8, 4) is 0 Å². The normalized spacial score (nSPS) is 21.0. The second-order valence-corrected chi connectivity index (χ2v) is 4.71. The molecule has 4 heteroatoms. The molecule has 1 aromatic heterocycles. The lowest BCUT2D eigenvalue weighted by Gasteiger charge is -2.31. The van der Waals surface area contributed by atoms with Crippen LogP contribution in [-0.4, -0.2) is 34.8 Å². The van der Waals surface area contributed by atoms with Gasteiger partial charge in [0.1, 0.15) is 0 Å². The highest BCUT2D eigenvalue weighted by Gasteiger charge is 2.21. The van der Waals surface area contributed by atoms with E-state index >= 15 is 0 Å². The summed E-state index contributed by atoms with van der Waals surface area (Å²) in [6.07, 6.45) is 2.25. The molecule has 4 nitrogen and oxygen atoms in total. The smallest absolute Gasteiger partial charge is 0.203 e. The Morgan fingerprint density at radius 3 is 3.12 bits per heavy atom. The maximum absolute atomic E-state index is 9.24. The molecule has 0 spiro atoms. The first-order valence-electron chi connectivity index (χ1n) is 6.17. The van der Waals surface area contributed by atoms with Crippen LogP contribution >= 0.6 is 0 Å². The number of fused-ring (bicyclic) bond motifs is 1. The monoisotopic (exact) mass is 231 g/mol. The molecule has 90 valence electrons. The maximum Gasteiger partial charge on any atom is 0.203 e. The van der Waals surface area contributed by atoms with E-state index in [2.05, 4.69) is 14.9 Å². The van der Waals surface area contributed by atoms with Crippen molar-refractivity contribution in [2.75, 3.05) is 24.6 Å². The number of hydrogen-bond acceptors (Lipinski definition) is 3. The lowest BCUT2D eigenvalue weighted by molar-refractivity contribution is 0.208. The first-order valence-corrected chi connectivity index (χ1v) is 6.17. The zero-order valence-corrected chi connectivity index (χ0v) is 9.76. The van der Waals surface area contributed by atoms with E-state index in [4.69, 9.17) is 0 Å². The Hall–Kier alpha value is -1.55. The van der Waals surface area contributed by atoms with Gasteiger partial charge in [-0.25, -0.2) is 4.98 Å². The summed E-state index contributed by atoms with van der Waals surface area (Å²) in [6, 6.07) is 8.07. The van der Waals surface area contributed by atoms with Crippen LogP contribution in [0.15, 0.2) is 24.3 Å². The van der Waals surface area contributed by atoms with Gasteiger partial charge >= 0.3 is 0 Å². The number of aromatic amines is 1. The topological polar surface area (TPSA) is 52.1 Å². The number of piperidine rings is 1. The summed E-state index contributed by atoms with van der Waals surface area (Å²) in [5, 5.41) is 9.24. The fourth-order valence-electron chi connectivity index (χ4n) is 2.50. The van der Waals surface area contributed by atoms with E-state index in [-0.39, 0.29) is 6.61 Å². The highest BCUT2D eigenvalue weighted by atomic mass is 16.3. The van der Waals surface area contributed by atoms with E-state index in [1.165, 1.54) is 0 Å². The third-order valence-corrected chi connectivity index (χ3v) is 3.45. The van der Waals surface area contributed by atoms with E-state index in [1.807, 2.05) is 24.3 Å². The molecule has 0 amide bonds. The molecule has 2 N–H and O–H groups in total. The fraction of sp³-hybridized carbons (Fsp3) is 0.462. The average molecular weight is 231 g/mol. The third kappa shape index (κ3) is 2.00. The number of benzene rings is 1. The number of rotatable bonds is 2. The van der Waals surface area contributed by atoms with Crippen molar-refractivity contribution >= 4 is 17.0 Å². The van der Waals surface area contributed by atoms with Crippen molar-refractivity contribution in [2.45, 2.75) is 12.8 Å². The van der Waals surface area contributed by atoms with Crippen LogP contribution in [0.5, 0.6) is 0 Å². The minimum atomic E-state index is 0.275. The summed E-state index contributed by atoms with van der Waals surface area (Å²) >= 11 is 0. The van der Waals surface area contributed by atoms with Gasteiger partial charge in [-0.2, -0.15) is 0 Å². The van der Waals surface area contributed by atoms with E-state index in [0.29, 0.717) is 5.92 Å². The number of nitrogens with zero attached hydrogens (tertiary/aromatic N) is 2. The number of aliphatic hydroxyl groups is 1. The van der Waals surface area contributed by atoms with Gasteiger partial charge in [0.25, 0.3) is 0 Å². The fourth-order valence-corrected chi connectivity index (χ4v) is 2.50. The van der Waals surface area contributed by atoms with Crippen LogP contribution in [0.1, 0.15) is 12.8 Å². The minimum absolute atomic E-state index is 0.275. The Balaban J connectivity index is 1.87. The van der Waals surface area contributed by atoms with E-state index in [1.54, 1.807) is 0 Å². The number of aliphatic hydroxyl groups excluding tert-OH is 1. The zero-order chi connectivity index (χ0) is 11.7. The SMILES string of the molecule is OC[C@H]1CCCN(c2nc3ccccc3[nH]2)C1. The molecule has 2 heterocycles. The van der Waals surface area contributed by atoms with Gasteiger partial charge in [0, 0.05) is 19.7 Å². The van der Waals surface area contributed by atoms with Crippen molar-refractivity contribution in [1.29, 1.82) is 0 Å². The lowest BCUT2D eigenvalue weighted by atomic mass is 9.99. The van der Waals surface area contributed by atoms with Crippen LogP contribution in [0.2, 0.25) is 0 Å². The second-order valence-electron chi connectivity index (χ2n) is 4.71. The molecule has 1 atom stereocenters. The molecule has 0 unspecified atom stereocenters. The Morgan fingerprint density at radius 1 is 1.41 bits per heavy atom.